The molecule has 8 rings (SSSR count). The number of rotatable bonds is 26. The highest BCUT2D eigenvalue weighted by atomic mass is 32.1. The number of ether oxygens (including phenoxy) is 6. The van der Waals surface area contributed by atoms with Crippen LogP contribution >= 0.6 is 90.7 Å². The second-order valence-corrected chi connectivity index (χ2v) is 34.3. The lowest BCUT2D eigenvalue weighted by Crippen LogP contribution is -2.26. The first-order valence-electron chi connectivity index (χ1n) is 25.7. The fourth-order valence-corrected chi connectivity index (χ4v) is 17.2. The number of hydrogen-bond acceptors (Lipinski definition) is 16. The van der Waals surface area contributed by atoms with E-state index in [2.05, 4.69) is 127 Å². The zero-order valence-electron chi connectivity index (χ0n) is 46.9. The van der Waals surface area contributed by atoms with Crippen molar-refractivity contribution < 1.29 is 37.3 Å². The zero-order chi connectivity index (χ0) is 55.2. The van der Waals surface area contributed by atoms with Gasteiger partial charge in [-0.2, -0.15) is 0 Å². The third kappa shape index (κ3) is 20.9. The van der Waals surface area contributed by atoms with Crippen LogP contribution in [0.2, 0.25) is 32.7 Å². The van der Waals surface area contributed by atoms with Crippen LogP contribution in [0, 0.1) is 34.6 Å². The normalized spacial score (nSPS) is 11.3. The first-order valence-corrected chi connectivity index (χ1v) is 38.0. The molecule has 0 aliphatic heterocycles. The SMILES string of the molecule is CC.COCCOCCOCc1cc(C)sc1-c1ccc(-c2ccc(-c3sc(C)cc3COCCOCCOC)s2)s1.C[Si](C)=O.Cc1cc(C)c(-c2ccc(-c3ccc(-c4sc(C)cc4CCO[Si](C)(C)C)s3)s2)s1. The van der Waals surface area contributed by atoms with E-state index in [0.29, 0.717) is 66.1 Å². The van der Waals surface area contributed by atoms with E-state index in [1.807, 2.05) is 105 Å². The van der Waals surface area contributed by atoms with Gasteiger partial charge in [0.1, 0.15) is 0 Å². The largest absolute Gasteiger partial charge is 0.417 e. The van der Waals surface area contributed by atoms with Crippen molar-refractivity contribution in [3.05, 3.63) is 115 Å². The molecule has 8 nitrogen and oxygen atoms in total. The molecular formula is C58H78O8S8Si2. The molecule has 0 spiro atoms. The first-order chi connectivity index (χ1) is 36.5. The highest BCUT2D eigenvalue weighted by molar-refractivity contribution is 7.29. The van der Waals surface area contributed by atoms with Crippen LogP contribution in [0.25, 0.3) is 58.5 Å². The van der Waals surface area contributed by atoms with Crippen LogP contribution in [0.1, 0.15) is 55.6 Å². The summed E-state index contributed by atoms with van der Waals surface area (Å²) in [5.74, 6) is 0. The van der Waals surface area contributed by atoms with Gasteiger partial charge in [-0.15, -0.1) is 90.7 Å². The molecule has 8 aromatic heterocycles. The van der Waals surface area contributed by atoms with Crippen molar-refractivity contribution in [2.75, 3.05) is 73.7 Å². The van der Waals surface area contributed by atoms with Gasteiger partial charge in [0.15, 0.2) is 8.32 Å². The van der Waals surface area contributed by atoms with E-state index in [1.165, 1.54) is 100 Å². The molecule has 0 bridgehead atoms. The lowest BCUT2D eigenvalue weighted by atomic mass is 10.1. The van der Waals surface area contributed by atoms with Crippen molar-refractivity contribution in [1.82, 2.24) is 0 Å². The van der Waals surface area contributed by atoms with E-state index in [4.69, 9.17) is 32.8 Å². The van der Waals surface area contributed by atoms with Gasteiger partial charge in [0, 0.05) is 89.1 Å². The Bertz CT molecular complexity index is 2830. The minimum absolute atomic E-state index is 0.573. The Morgan fingerprint density at radius 3 is 1.07 bits per heavy atom. The summed E-state index contributed by atoms with van der Waals surface area (Å²) in [4.78, 5) is 21.4. The Balaban J connectivity index is 0.000000262. The number of aryl methyl sites for hydroxylation is 5. The van der Waals surface area contributed by atoms with Crippen LogP contribution in [0.5, 0.6) is 0 Å². The first kappa shape index (κ1) is 64.4. The molecule has 8 heterocycles. The van der Waals surface area contributed by atoms with Gasteiger partial charge in [-0.05, 0) is 169 Å². The average molecular weight is 1220 g/mol. The molecule has 0 amide bonds. The molecule has 0 fully saturated rings. The lowest BCUT2D eigenvalue weighted by molar-refractivity contribution is 0.0201. The van der Waals surface area contributed by atoms with Gasteiger partial charge < -0.3 is 37.3 Å². The van der Waals surface area contributed by atoms with E-state index in [1.54, 1.807) is 27.3 Å². The third-order valence-electron chi connectivity index (χ3n) is 10.7. The number of methoxy groups -OCH3 is 2. The molecule has 0 saturated heterocycles. The molecular weight excluding hydrogens is 1140 g/mol. The molecule has 0 radical (unpaired) electrons. The van der Waals surface area contributed by atoms with Gasteiger partial charge in [-0.3, -0.25) is 0 Å². The fourth-order valence-electron chi connectivity index (χ4n) is 7.54. The Hall–Kier alpha value is -2.45. The van der Waals surface area contributed by atoms with E-state index < -0.39 is 17.0 Å². The summed E-state index contributed by atoms with van der Waals surface area (Å²) in [6, 6.07) is 27.2. The zero-order valence-corrected chi connectivity index (χ0v) is 55.5. The van der Waals surface area contributed by atoms with Crippen LogP contribution in [-0.2, 0) is 56.9 Å². The average Bonchev–Trinajstić information content (AvgIpc) is 4.23. The van der Waals surface area contributed by atoms with Crippen LogP contribution in [0.3, 0.4) is 0 Å². The predicted octanol–water partition coefficient (Wildman–Crippen LogP) is 18.9. The van der Waals surface area contributed by atoms with Crippen molar-refractivity contribution in [2.45, 2.75) is 101 Å². The molecule has 0 aliphatic carbocycles. The molecule has 0 aromatic carbocycles. The molecule has 0 N–H and O–H groups in total. The van der Waals surface area contributed by atoms with Gasteiger partial charge in [-0.1, -0.05) is 13.8 Å². The minimum Gasteiger partial charge on any atom is -0.417 e. The number of thiophene rings is 8. The maximum Gasteiger partial charge on any atom is 0.270 e. The maximum atomic E-state index is 9.63. The fraction of sp³-hybridized carbons (Fsp3) is 0.448. The van der Waals surface area contributed by atoms with Gasteiger partial charge >= 0.3 is 0 Å². The van der Waals surface area contributed by atoms with Crippen molar-refractivity contribution in [3.63, 3.8) is 0 Å². The van der Waals surface area contributed by atoms with Crippen LogP contribution in [0.4, 0.5) is 0 Å². The van der Waals surface area contributed by atoms with E-state index in [9.17, 15) is 4.46 Å². The summed E-state index contributed by atoms with van der Waals surface area (Å²) in [6.07, 6.45) is 0.997. The molecule has 0 unspecified atom stereocenters. The second-order valence-electron chi connectivity index (χ2n) is 18.6. The quantitative estimate of drug-likeness (QED) is 0.0392. The summed E-state index contributed by atoms with van der Waals surface area (Å²) < 4.78 is 48.6. The summed E-state index contributed by atoms with van der Waals surface area (Å²) in [6.45, 7) is 31.8. The summed E-state index contributed by atoms with van der Waals surface area (Å²) >= 11 is 15.0. The third-order valence-corrected chi connectivity index (χ3v) is 21.6. The standard InChI is InChI=1S/C30H38O6S4.C24H28OS4Si.C2H6OSi.C2H6/c1-21-17-23(19-35-15-13-33-11-9-31-3)29(37-21)27-7-5-25(39-27)26-6-8-28(40-26)30-24(18-22(2)38-30)20-36-16-14-34-12-10-32-4;1-15-13-16(2)26-23(15)21-9-7-19(28-21)20-8-10-22(29-20)24-18(14-17(3)27-24)11-12-25-30(4,5)6;1-4(2)3;1-2/h5-8,17-18H,9-16,19-20H2,1-4H3;7-10,13-14H,11-12H2,1-6H3;1-2H3;1-2H3. The van der Waals surface area contributed by atoms with Gasteiger partial charge in [0.25, 0.3) is 8.68 Å². The lowest BCUT2D eigenvalue weighted by Gasteiger charge is -2.16. The minimum atomic E-state index is -1.46. The van der Waals surface area contributed by atoms with Crippen molar-refractivity contribution in [2.24, 2.45) is 0 Å². The smallest absolute Gasteiger partial charge is 0.270 e. The van der Waals surface area contributed by atoms with Crippen molar-refractivity contribution in [3.8, 4) is 58.5 Å². The Labute approximate surface area is 488 Å². The molecule has 18 heteroatoms. The maximum absolute atomic E-state index is 9.63. The van der Waals surface area contributed by atoms with Crippen LogP contribution in [-0.4, -0.2) is 90.7 Å². The van der Waals surface area contributed by atoms with Crippen molar-refractivity contribution in [1.29, 1.82) is 0 Å². The molecule has 0 atom stereocenters. The van der Waals surface area contributed by atoms with Crippen molar-refractivity contribution >= 4 is 108 Å². The molecule has 0 saturated carbocycles. The van der Waals surface area contributed by atoms with E-state index in [0.717, 1.165) is 13.0 Å². The molecule has 0 aliphatic rings. The highest BCUT2D eigenvalue weighted by Crippen LogP contribution is 2.47. The summed E-state index contributed by atoms with van der Waals surface area (Å²) in [7, 11) is 0.762. The molecule has 76 heavy (non-hydrogen) atoms. The Morgan fingerprint density at radius 2 is 0.711 bits per heavy atom. The number of hydrogen-bond donors (Lipinski definition) is 0. The van der Waals surface area contributed by atoms with Crippen LogP contribution < -0.4 is 0 Å². The Kier molecular flexibility index (Phi) is 28.2. The van der Waals surface area contributed by atoms with Gasteiger partial charge in [0.05, 0.1) is 75.8 Å². The monoisotopic (exact) mass is 1210 g/mol. The van der Waals surface area contributed by atoms with Gasteiger partial charge in [-0.25, -0.2) is 0 Å². The summed E-state index contributed by atoms with van der Waals surface area (Å²) in [5, 5.41) is 0. The molecule has 414 valence electrons. The van der Waals surface area contributed by atoms with E-state index in [-0.39, 0.29) is 0 Å². The van der Waals surface area contributed by atoms with Gasteiger partial charge in [0.2, 0.25) is 0 Å². The highest BCUT2D eigenvalue weighted by Gasteiger charge is 2.19. The van der Waals surface area contributed by atoms with E-state index >= 15 is 0 Å². The predicted molar refractivity (Wildman–Crippen MR) is 339 cm³/mol. The summed E-state index contributed by atoms with van der Waals surface area (Å²) in [5.41, 5.74) is 5.29. The van der Waals surface area contributed by atoms with Crippen LogP contribution in [0.15, 0.2) is 72.8 Å². The molecule has 8 aromatic rings. The topological polar surface area (TPSA) is 81.7 Å². The second kappa shape index (κ2) is 33.3. The Morgan fingerprint density at radius 1 is 0.408 bits per heavy atom.